The van der Waals surface area contributed by atoms with Gasteiger partial charge in [0.05, 0.1) is 28.3 Å². The molecule has 1 atom stereocenters. The Balaban J connectivity index is 1.83. The van der Waals surface area contributed by atoms with Gasteiger partial charge in [-0.1, -0.05) is 0 Å². The minimum Gasteiger partial charge on any atom is -0.367 e. The quantitative estimate of drug-likeness (QED) is 0.923. The molecule has 1 unspecified atom stereocenters. The van der Waals surface area contributed by atoms with E-state index in [-0.39, 0.29) is 23.4 Å². The van der Waals surface area contributed by atoms with Gasteiger partial charge >= 0.3 is 0 Å². The van der Waals surface area contributed by atoms with Crippen molar-refractivity contribution in [1.29, 1.82) is 0 Å². The predicted octanol–water partition coefficient (Wildman–Crippen LogP) is 3.45. The van der Waals surface area contributed by atoms with Crippen molar-refractivity contribution in [2.24, 2.45) is 0 Å². The summed E-state index contributed by atoms with van der Waals surface area (Å²) in [6.45, 7) is 7.98. The molecule has 1 N–H and O–H groups in total. The molecule has 0 spiro atoms. The fourth-order valence-corrected chi connectivity index (χ4v) is 3.26. The zero-order chi connectivity index (χ0) is 16.8. The van der Waals surface area contributed by atoms with Gasteiger partial charge in [0.2, 0.25) is 0 Å². The Labute approximate surface area is 135 Å². The largest absolute Gasteiger partial charge is 0.367 e. The van der Waals surface area contributed by atoms with Crippen molar-refractivity contribution in [2.75, 3.05) is 0 Å². The smallest absolute Gasteiger partial charge is 0.253 e. The summed E-state index contributed by atoms with van der Waals surface area (Å²) in [5.41, 5.74) is 0.374. The summed E-state index contributed by atoms with van der Waals surface area (Å²) in [7, 11) is 0. The van der Waals surface area contributed by atoms with Crippen LogP contribution < -0.4 is 5.32 Å². The summed E-state index contributed by atoms with van der Waals surface area (Å²) < 4.78 is 19.3. The van der Waals surface area contributed by atoms with Crippen LogP contribution in [0.2, 0.25) is 0 Å². The number of hydrogen-bond donors (Lipinski definition) is 1. The highest BCUT2D eigenvalue weighted by Crippen LogP contribution is 2.37. The summed E-state index contributed by atoms with van der Waals surface area (Å²) in [4.78, 5) is 16.8. The molecule has 0 radical (unpaired) electrons. The molecule has 5 heteroatoms. The van der Waals surface area contributed by atoms with E-state index in [1.807, 2.05) is 27.7 Å². The summed E-state index contributed by atoms with van der Waals surface area (Å²) in [6, 6.07) is 5.91. The number of hydrogen-bond acceptors (Lipinski definition) is 3. The molecular formula is C18H21FN2O2. The molecule has 122 valence electrons. The van der Waals surface area contributed by atoms with Crippen molar-refractivity contribution < 1.29 is 13.9 Å². The molecule has 0 aliphatic carbocycles. The van der Waals surface area contributed by atoms with Gasteiger partial charge in [0.15, 0.2) is 0 Å². The van der Waals surface area contributed by atoms with Crippen LogP contribution in [-0.4, -0.2) is 28.1 Å². The van der Waals surface area contributed by atoms with Gasteiger partial charge < -0.3 is 10.1 Å². The summed E-state index contributed by atoms with van der Waals surface area (Å²) in [5, 5.41) is 3.63. The Morgan fingerprint density at radius 3 is 2.70 bits per heavy atom. The average molecular weight is 316 g/mol. The zero-order valence-electron chi connectivity index (χ0n) is 13.8. The second kappa shape index (κ2) is 5.27. The summed E-state index contributed by atoms with van der Waals surface area (Å²) >= 11 is 0. The van der Waals surface area contributed by atoms with Crippen LogP contribution in [0.15, 0.2) is 30.5 Å². The number of pyridine rings is 1. The van der Waals surface area contributed by atoms with Gasteiger partial charge in [-0.05, 0) is 58.4 Å². The van der Waals surface area contributed by atoms with Crippen LogP contribution in [0.3, 0.4) is 0 Å². The monoisotopic (exact) mass is 316 g/mol. The number of halogens is 1. The highest BCUT2D eigenvalue weighted by molar-refractivity contribution is 5.97. The third-order valence-corrected chi connectivity index (χ3v) is 4.29. The third-order valence-electron chi connectivity index (χ3n) is 4.29. The van der Waals surface area contributed by atoms with E-state index in [9.17, 15) is 9.18 Å². The molecule has 23 heavy (non-hydrogen) atoms. The minimum atomic E-state index is -0.435. The van der Waals surface area contributed by atoms with Crippen molar-refractivity contribution in [3.05, 3.63) is 41.8 Å². The molecule has 0 bridgehead atoms. The Kier molecular flexibility index (Phi) is 3.64. The van der Waals surface area contributed by atoms with Crippen molar-refractivity contribution in [1.82, 2.24) is 10.3 Å². The number of benzene rings is 1. The lowest BCUT2D eigenvalue weighted by atomic mass is 9.94. The predicted molar refractivity (Wildman–Crippen MR) is 86.8 cm³/mol. The lowest BCUT2D eigenvalue weighted by Crippen LogP contribution is -2.46. The van der Waals surface area contributed by atoms with Crippen molar-refractivity contribution in [3.63, 3.8) is 0 Å². The van der Waals surface area contributed by atoms with Crippen LogP contribution in [0.4, 0.5) is 4.39 Å². The number of carbonyl (C=O) groups is 1. The van der Waals surface area contributed by atoms with Crippen molar-refractivity contribution in [3.8, 4) is 0 Å². The van der Waals surface area contributed by atoms with Crippen LogP contribution in [0.5, 0.6) is 0 Å². The number of carbonyl (C=O) groups excluding carboxylic acids is 1. The molecule has 1 saturated heterocycles. The highest BCUT2D eigenvalue weighted by atomic mass is 19.1. The first-order chi connectivity index (χ1) is 10.7. The molecule has 1 aliphatic heterocycles. The van der Waals surface area contributed by atoms with Crippen LogP contribution in [0.25, 0.3) is 10.9 Å². The molecular weight excluding hydrogens is 295 g/mol. The van der Waals surface area contributed by atoms with Gasteiger partial charge in [0, 0.05) is 11.6 Å². The fraction of sp³-hybridized carbons (Fsp3) is 0.444. The number of nitrogens with one attached hydrogen (secondary N) is 1. The molecule has 1 amide bonds. The number of nitrogens with zero attached hydrogens (tertiary/aromatic N) is 1. The SMILES string of the molecule is CC1(C)CC(NC(=O)c2cnc3ccc(F)cc3c2)C(C)(C)O1. The van der Waals surface area contributed by atoms with Crippen LogP contribution in [0, 0.1) is 5.82 Å². The second-order valence-electron chi connectivity index (χ2n) is 7.26. The fourth-order valence-electron chi connectivity index (χ4n) is 3.26. The van der Waals surface area contributed by atoms with Crippen molar-refractivity contribution >= 4 is 16.8 Å². The maximum absolute atomic E-state index is 13.3. The van der Waals surface area contributed by atoms with Crippen molar-refractivity contribution in [2.45, 2.75) is 51.4 Å². The Morgan fingerprint density at radius 2 is 2.04 bits per heavy atom. The Morgan fingerprint density at radius 1 is 1.30 bits per heavy atom. The molecule has 1 aromatic carbocycles. The molecule has 1 fully saturated rings. The van der Waals surface area contributed by atoms with Gasteiger partial charge in [-0.15, -0.1) is 0 Å². The van der Waals surface area contributed by atoms with E-state index in [4.69, 9.17) is 4.74 Å². The molecule has 3 rings (SSSR count). The first-order valence-electron chi connectivity index (χ1n) is 7.73. The topological polar surface area (TPSA) is 51.2 Å². The Bertz CT molecular complexity index is 771. The number of ether oxygens (including phenoxy) is 1. The first-order valence-corrected chi connectivity index (χ1v) is 7.73. The number of fused-ring (bicyclic) bond motifs is 1. The van der Waals surface area contributed by atoms with E-state index in [0.29, 0.717) is 16.5 Å². The second-order valence-corrected chi connectivity index (χ2v) is 7.26. The standard InChI is InChI=1S/C18H21FN2O2/c1-17(2)9-15(18(3,4)23-17)21-16(22)12-7-11-8-13(19)5-6-14(11)20-10-12/h5-8,10,15H,9H2,1-4H3,(H,21,22). The van der Waals surface area contributed by atoms with Gasteiger partial charge in [-0.3, -0.25) is 9.78 Å². The van der Waals surface area contributed by atoms with Crippen LogP contribution in [0.1, 0.15) is 44.5 Å². The van der Waals surface area contributed by atoms with Gasteiger partial charge in [-0.2, -0.15) is 0 Å². The number of rotatable bonds is 2. The molecule has 0 saturated carbocycles. The van der Waals surface area contributed by atoms with E-state index >= 15 is 0 Å². The van der Waals surface area contributed by atoms with E-state index in [1.54, 1.807) is 12.1 Å². The summed E-state index contributed by atoms with van der Waals surface area (Å²) in [6.07, 6.45) is 2.25. The maximum atomic E-state index is 13.3. The lowest BCUT2D eigenvalue weighted by Gasteiger charge is -2.27. The Hall–Kier alpha value is -2.01. The number of aromatic nitrogens is 1. The van der Waals surface area contributed by atoms with Gasteiger partial charge in [0.1, 0.15) is 5.82 Å². The molecule has 2 heterocycles. The molecule has 1 aromatic heterocycles. The van der Waals surface area contributed by atoms with E-state index in [1.165, 1.54) is 18.3 Å². The van der Waals surface area contributed by atoms with Crippen LogP contribution >= 0.6 is 0 Å². The average Bonchev–Trinajstić information content (AvgIpc) is 2.65. The first kappa shape index (κ1) is 15.9. The molecule has 4 nitrogen and oxygen atoms in total. The van der Waals surface area contributed by atoms with E-state index in [0.717, 1.165) is 6.42 Å². The van der Waals surface area contributed by atoms with Crippen LogP contribution in [-0.2, 0) is 4.74 Å². The zero-order valence-corrected chi connectivity index (χ0v) is 13.8. The van der Waals surface area contributed by atoms with E-state index in [2.05, 4.69) is 10.3 Å². The normalized spacial score (nSPS) is 22.2. The lowest BCUT2D eigenvalue weighted by molar-refractivity contribution is -0.0693. The molecule has 1 aliphatic rings. The van der Waals surface area contributed by atoms with E-state index < -0.39 is 5.60 Å². The van der Waals surface area contributed by atoms with Gasteiger partial charge in [-0.25, -0.2) is 4.39 Å². The molecule has 2 aromatic rings. The third kappa shape index (κ3) is 3.20. The number of amides is 1. The minimum absolute atomic E-state index is 0.0896. The van der Waals surface area contributed by atoms with Gasteiger partial charge in [0.25, 0.3) is 5.91 Å². The summed E-state index contributed by atoms with van der Waals surface area (Å²) in [5.74, 6) is -0.563. The maximum Gasteiger partial charge on any atom is 0.253 e. The highest BCUT2D eigenvalue weighted by Gasteiger charge is 2.46.